The zero-order valence-corrected chi connectivity index (χ0v) is 15.7. The molecule has 2 aromatic carbocycles. The van der Waals surface area contributed by atoms with Crippen LogP contribution < -0.4 is 0 Å². The highest BCUT2D eigenvalue weighted by Crippen LogP contribution is 2.37. The van der Waals surface area contributed by atoms with Crippen LogP contribution in [0.15, 0.2) is 60.7 Å². The van der Waals surface area contributed by atoms with E-state index in [0.717, 1.165) is 24.0 Å². The molecule has 0 aromatic heterocycles. The number of hydrogen-bond donors (Lipinski definition) is 0. The summed E-state index contributed by atoms with van der Waals surface area (Å²) in [6.45, 7) is 3.83. The van der Waals surface area contributed by atoms with Crippen LogP contribution in [0.4, 0.5) is 0 Å². The van der Waals surface area contributed by atoms with Gasteiger partial charge in [-0.1, -0.05) is 60.7 Å². The third-order valence-corrected chi connectivity index (χ3v) is 4.76. The number of hydrogen-bond acceptors (Lipinski definition) is 4. The van der Waals surface area contributed by atoms with E-state index >= 15 is 0 Å². The molecule has 27 heavy (non-hydrogen) atoms. The summed E-state index contributed by atoms with van der Waals surface area (Å²) in [6, 6.07) is 15.1. The lowest BCUT2D eigenvalue weighted by Crippen LogP contribution is -2.47. The summed E-state index contributed by atoms with van der Waals surface area (Å²) in [6.07, 6.45) is 5.66. The monoisotopic (exact) mass is 364 g/mol. The molecule has 0 unspecified atom stereocenters. The fourth-order valence-corrected chi connectivity index (χ4v) is 3.50. The molecule has 0 amide bonds. The molecule has 0 atom stereocenters. The van der Waals surface area contributed by atoms with E-state index in [1.807, 2.05) is 36.4 Å². The molecule has 0 saturated carbocycles. The van der Waals surface area contributed by atoms with E-state index < -0.39 is 17.4 Å². The predicted octanol–water partition coefficient (Wildman–Crippen LogP) is 3.75. The van der Waals surface area contributed by atoms with Gasteiger partial charge in [-0.2, -0.15) is 0 Å². The van der Waals surface area contributed by atoms with Gasteiger partial charge in [-0.15, -0.1) is 0 Å². The number of benzene rings is 2. The molecule has 140 valence electrons. The molecule has 0 N–H and O–H groups in total. The molecule has 2 aromatic rings. The quantitative estimate of drug-likeness (QED) is 0.471. The topological polar surface area (TPSA) is 52.6 Å². The standard InChI is InChI=1S/C23H24O4/c1-3-26-21(24)23(22(25)27-4-2)19-13-7-11-17(15-19)9-5-6-10-18-12-8-14-20(23)16-18/h5-8,11-16H,3-4,9-10H2,1-2H3/b6-5+. The van der Waals surface area contributed by atoms with Gasteiger partial charge >= 0.3 is 11.9 Å². The maximum Gasteiger partial charge on any atom is 0.332 e. The maximum absolute atomic E-state index is 13.3. The van der Waals surface area contributed by atoms with E-state index in [9.17, 15) is 9.59 Å². The lowest BCUT2D eigenvalue weighted by Gasteiger charge is -2.30. The number of carbonyl (C=O) groups excluding carboxylic acids is 2. The number of esters is 2. The third kappa shape index (κ3) is 3.52. The first-order chi connectivity index (χ1) is 13.1. The van der Waals surface area contributed by atoms with Gasteiger partial charge in [0, 0.05) is 0 Å². The van der Waals surface area contributed by atoms with Crippen LogP contribution in [-0.2, 0) is 37.3 Å². The van der Waals surface area contributed by atoms with Crippen LogP contribution in [0.3, 0.4) is 0 Å². The molecule has 4 bridgehead atoms. The van der Waals surface area contributed by atoms with Gasteiger partial charge in [0.25, 0.3) is 0 Å². The molecular formula is C23H24O4. The van der Waals surface area contributed by atoms with Crippen LogP contribution in [0.2, 0.25) is 0 Å². The van der Waals surface area contributed by atoms with Crippen LogP contribution >= 0.6 is 0 Å². The highest BCUT2D eigenvalue weighted by atomic mass is 16.6. The Kier molecular flexibility index (Phi) is 5.75. The molecule has 0 saturated heterocycles. The van der Waals surface area contributed by atoms with Crippen molar-refractivity contribution in [2.45, 2.75) is 32.1 Å². The average Bonchev–Trinajstić information content (AvgIpc) is 2.68. The summed E-state index contributed by atoms with van der Waals surface area (Å²) in [5, 5.41) is 0. The van der Waals surface area contributed by atoms with Gasteiger partial charge in [0.2, 0.25) is 5.41 Å². The van der Waals surface area contributed by atoms with Crippen LogP contribution in [0, 0.1) is 0 Å². The molecule has 3 rings (SSSR count). The van der Waals surface area contributed by atoms with E-state index in [4.69, 9.17) is 9.47 Å². The molecule has 0 aliphatic heterocycles. The minimum absolute atomic E-state index is 0.181. The summed E-state index contributed by atoms with van der Waals surface area (Å²) in [7, 11) is 0. The van der Waals surface area contributed by atoms with Crippen molar-refractivity contribution in [3.05, 3.63) is 82.9 Å². The molecule has 4 nitrogen and oxygen atoms in total. The zero-order valence-electron chi connectivity index (χ0n) is 15.7. The van der Waals surface area contributed by atoms with E-state index in [0.29, 0.717) is 11.1 Å². The highest BCUT2D eigenvalue weighted by molar-refractivity contribution is 6.10. The molecule has 0 spiro atoms. The van der Waals surface area contributed by atoms with Crippen LogP contribution in [0.25, 0.3) is 0 Å². The Morgan fingerprint density at radius 3 is 1.67 bits per heavy atom. The molecular weight excluding hydrogens is 340 g/mol. The average molecular weight is 364 g/mol. The normalized spacial score (nSPS) is 15.9. The number of ether oxygens (including phenoxy) is 2. The summed E-state index contributed by atoms with van der Waals surface area (Å²) >= 11 is 0. The Morgan fingerprint density at radius 1 is 0.815 bits per heavy atom. The second-order valence-electron chi connectivity index (χ2n) is 6.47. The van der Waals surface area contributed by atoms with E-state index in [-0.39, 0.29) is 13.2 Å². The Bertz CT molecular complexity index is 795. The van der Waals surface area contributed by atoms with Crippen molar-refractivity contribution in [2.75, 3.05) is 13.2 Å². The number of allylic oxidation sites excluding steroid dienone is 2. The summed E-state index contributed by atoms with van der Waals surface area (Å²) in [4.78, 5) is 26.5. The van der Waals surface area contributed by atoms with Gasteiger partial charge in [-0.05, 0) is 48.9 Å². The summed E-state index contributed by atoms with van der Waals surface area (Å²) in [5.74, 6) is -1.21. The van der Waals surface area contributed by atoms with E-state index in [2.05, 4.69) is 12.2 Å². The van der Waals surface area contributed by atoms with Gasteiger partial charge in [0.15, 0.2) is 0 Å². The molecule has 1 aliphatic rings. The van der Waals surface area contributed by atoms with Crippen LogP contribution in [0.5, 0.6) is 0 Å². The maximum atomic E-state index is 13.3. The Balaban J connectivity index is 2.35. The minimum atomic E-state index is -1.64. The Hall–Kier alpha value is -2.88. The lowest BCUT2D eigenvalue weighted by atomic mass is 9.73. The van der Waals surface area contributed by atoms with Crippen LogP contribution in [0.1, 0.15) is 36.1 Å². The van der Waals surface area contributed by atoms with Crippen molar-refractivity contribution >= 4 is 11.9 Å². The first-order valence-electron chi connectivity index (χ1n) is 9.31. The van der Waals surface area contributed by atoms with Gasteiger partial charge in [-0.3, -0.25) is 9.59 Å². The fourth-order valence-electron chi connectivity index (χ4n) is 3.50. The number of carbonyl (C=O) groups is 2. The van der Waals surface area contributed by atoms with Crippen molar-refractivity contribution in [2.24, 2.45) is 0 Å². The molecule has 1 aliphatic carbocycles. The SMILES string of the molecule is CCOC(=O)C1(C(=O)OCC)c2cccc(c2)C/C=C/Cc2cccc1c2. The Labute approximate surface area is 159 Å². The first kappa shape index (κ1) is 18.9. The fraction of sp³-hybridized carbons (Fsp3) is 0.304. The molecule has 0 heterocycles. The number of rotatable bonds is 4. The van der Waals surface area contributed by atoms with E-state index in [1.54, 1.807) is 26.0 Å². The molecule has 4 heteroatoms. The predicted molar refractivity (Wildman–Crippen MR) is 103 cm³/mol. The van der Waals surface area contributed by atoms with Gasteiger partial charge in [-0.25, -0.2) is 0 Å². The smallest absolute Gasteiger partial charge is 0.332 e. The summed E-state index contributed by atoms with van der Waals surface area (Å²) < 4.78 is 10.8. The number of fused-ring (bicyclic) bond motifs is 4. The Morgan fingerprint density at radius 2 is 1.26 bits per heavy atom. The third-order valence-electron chi connectivity index (χ3n) is 4.76. The van der Waals surface area contributed by atoms with Gasteiger partial charge in [0.1, 0.15) is 0 Å². The van der Waals surface area contributed by atoms with E-state index in [1.165, 1.54) is 0 Å². The van der Waals surface area contributed by atoms with Crippen molar-refractivity contribution in [1.82, 2.24) is 0 Å². The second-order valence-corrected chi connectivity index (χ2v) is 6.47. The van der Waals surface area contributed by atoms with Crippen molar-refractivity contribution in [3.63, 3.8) is 0 Å². The highest BCUT2D eigenvalue weighted by Gasteiger charge is 2.52. The largest absolute Gasteiger partial charge is 0.465 e. The molecule has 0 fully saturated rings. The van der Waals surface area contributed by atoms with Crippen molar-refractivity contribution in [1.29, 1.82) is 0 Å². The van der Waals surface area contributed by atoms with Gasteiger partial charge in [0.05, 0.1) is 13.2 Å². The summed E-state index contributed by atoms with van der Waals surface area (Å²) in [5.41, 5.74) is 1.56. The second kappa shape index (κ2) is 8.21. The van der Waals surface area contributed by atoms with Gasteiger partial charge < -0.3 is 9.47 Å². The lowest BCUT2D eigenvalue weighted by molar-refractivity contribution is -0.162. The van der Waals surface area contributed by atoms with Crippen LogP contribution in [-0.4, -0.2) is 25.2 Å². The van der Waals surface area contributed by atoms with Crippen molar-refractivity contribution in [3.8, 4) is 0 Å². The molecule has 0 radical (unpaired) electrons. The zero-order chi connectivity index (χ0) is 19.3. The first-order valence-corrected chi connectivity index (χ1v) is 9.31. The van der Waals surface area contributed by atoms with Crippen molar-refractivity contribution < 1.29 is 19.1 Å². The minimum Gasteiger partial charge on any atom is -0.465 e.